The molecule has 0 spiro atoms. The molecule has 8 nitrogen and oxygen atoms in total. The number of carbonyl (C=O) groups excluding carboxylic acids is 2. The number of Topliss-reactive ketones (excluding diaryl/α,β-unsaturated/α-hetero) is 2. The van der Waals surface area contributed by atoms with E-state index in [2.05, 4.69) is 61.4 Å². The summed E-state index contributed by atoms with van der Waals surface area (Å²) in [5.74, 6) is 1.71. The first kappa shape index (κ1) is 29.7. The zero-order valence-corrected chi connectivity index (χ0v) is 27.0. The van der Waals surface area contributed by atoms with Crippen molar-refractivity contribution in [1.82, 2.24) is 25.5 Å². The zero-order chi connectivity index (χ0) is 30.5. The van der Waals surface area contributed by atoms with E-state index in [-0.39, 0.29) is 50.6 Å². The van der Waals surface area contributed by atoms with Crippen LogP contribution in [-0.2, 0) is 23.2 Å². The molecule has 0 amide bonds. The first-order valence-electron chi connectivity index (χ1n) is 16.2. The van der Waals surface area contributed by atoms with Crippen LogP contribution >= 0.6 is 0 Å². The van der Waals surface area contributed by atoms with Crippen molar-refractivity contribution < 1.29 is 9.59 Å². The number of rotatable bonds is 4. The minimum atomic E-state index is -0.602. The number of nitriles is 1. The summed E-state index contributed by atoms with van der Waals surface area (Å²) < 4.78 is 0. The summed E-state index contributed by atoms with van der Waals surface area (Å²) in [5.41, 5.74) is -0.548. The van der Waals surface area contributed by atoms with Crippen molar-refractivity contribution in [1.29, 1.82) is 5.26 Å². The quantitative estimate of drug-likeness (QED) is 0.498. The second-order valence-corrected chi connectivity index (χ2v) is 16.8. The molecular weight excluding hydrogens is 524 g/mol. The lowest BCUT2D eigenvalue weighted by molar-refractivity contribution is -0.222. The van der Waals surface area contributed by atoms with Gasteiger partial charge in [0.25, 0.3) is 0 Å². The van der Waals surface area contributed by atoms with E-state index in [0.717, 1.165) is 45.1 Å². The molecule has 0 bridgehead atoms. The van der Waals surface area contributed by atoms with Crippen molar-refractivity contribution in [3.8, 4) is 6.07 Å². The van der Waals surface area contributed by atoms with E-state index < -0.39 is 5.41 Å². The molecule has 0 aliphatic heterocycles. The average Bonchev–Trinajstić information content (AvgIpc) is 3.33. The van der Waals surface area contributed by atoms with Gasteiger partial charge in [0.2, 0.25) is 0 Å². The van der Waals surface area contributed by atoms with Gasteiger partial charge in [0.1, 0.15) is 11.9 Å². The van der Waals surface area contributed by atoms with Crippen LogP contribution in [-0.4, -0.2) is 38.3 Å². The SMILES string of the molecule is Cn1nnc(CNC[C@]23CCC(C)(C)C[C@@H]2[C@H]2C(=O)C[C@@H]4[C@@]5(C)C=C(C#N)C(=O)C(C)(C)[C@@H]5CC[C@@]4(C)[C@]2(C)CC3)n1. The fourth-order valence-electron chi connectivity index (χ4n) is 11.5. The number of nitrogens with one attached hydrogen (secondary N) is 1. The zero-order valence-electron chi connectivity index (χ0n) is 27.0. The van der Waals surface area contributed by atoms with Gasteiger partial charge >= 0.3 is 0 Å². The number of fused-ring (bicyclic) bond motifs is 7. The molecular formula is C34H50N6O2. The lowest BCUT2D eigenvalue weighted by Gasteiger charge is -2.72. The Balaban J connectivity index is 1.37. The Bertz CT molecular complexity index is 1390. The van der Waals surface area contributed by atoms with E-state index in [1.54, 1.807) is 7.05 Å². The van der Waals surface area contributed by atoms with Crippen LogP contribution in [0.25, 0.3) is 0 Å². The molecule has 5 aliphatic carbocycles. The van der Waals surface area contributed by atoms with E-state index in [1.807, 2.05) is 19.9 Å². The van der Waals surface area contributed by atoms with Crippen LogP contribution in [0.4, 0.5) is 0 Å². The standard InChI is InChI=1S/C34H50N6O2/c1-29(2)11-13-34(20-36-19-26-37-39-40(8)38-26)14-12-33(7)27(22(34)17-29)23(41)15-25-31(5)16-21(18-35)28(42)30(3,4)24(31)9-10-32(25,33)6/h16,22,24-25,27,36H,9-15,17,19-20H2,1-8H3/t22-,24+,25-,27+,31+,32-,33-,34-/m1/s1. The summed E-state index contributed by atoms with van der Waals surface area (Å²) in [7, 11) is 1.79. The fraction of sp³-hybridized carbons (Fsp3) is 0.824. The van der Waals surface area contributed by atoms with Gasteiger partial charge < -0.3 is 5.32 Å². The third kappa shape index (κ3) is 3.97. The van der Waals surface area contributed by atoms with Gasteiger partial charge in [-0.15, -0.1) is 10.2 Å². The summed E-state index contributed by atoms with van der Waals surface area (Å²) in [5, 5.41) is 26.2. The highest BCUT2D eigenvalue weighted by Crippen LogP contribution is 2.75. The van der Waals surface area contributed by atoms with E-state index in [9.17, 15) is 14.9 Å². The molecule has 4 fully saturated rings. The maximum absolute atomic E-state index is 14.7. The highest BCUT2D eigenvalue weighted by atomic mass is 16.1. The molecule has 228 valence electrons. The highest BCUT2D eigenvalue weighted by molar-refractivity contribution is 6.04. The van der Waals surface area contributed by atoms with Gasteiger partial charge in [-0.25, -0.2) is 0 Å². The van der Waals surface area contributed by atoms with Crippen molar-refractivity contribution in [3.63, 3.8) is 0 Å². The molecule has 1 aromatic heterocycles. The molecule has 0 radical (unpaired) electrons. The molecule has 1 aromatic rings. The number of aromatic nitrogens is 4. The van der Waals surface area contributed by atoms with Crippen molar-refractivity contribution in [3.05, 3.63) is 17.5 Å². The van der Waals surface area contributed by atoms with Crippen molar-refractivity contribution in [2.45, 2.75) is 106 Å². The minimum Gasteiger partial charge on any atom is -0.309 e. The number of nitrogens with zero attached hydrogens (tertiary/aromatic N) is 5. The third-order valence-electron chi connectivity index (χ3n) is 14.0. The Morgan fingerprint density at radius 1 is 1.00 bits per heavy atom. The Kier molecular flexibility index (Phi) is 6.57. The molecule has 42 heavy (non-hydrogen) atoms. The van der Waals surface area contributed by atoms with E-state index >= 15 is 0 Å². The van der Waals surface area contributed by atoms with Crippen LogP contribution in [0.15, 0.2) is 11.6 Å². The lowest BCUT2D eigenvalue weighted by atomic mass is 9.31. The Morgan fingerprint density at radius 2 is 1.71 bits per heavy atom. The predicted molar refractivity (Wildman–Crippen MR) is 159 cm³/mol. The minimum absolute atomic E-state index is 0.0290. The van der Waals surface area contributed by atoms with Gasteiger partial charge in [-0.2, -0.15) is 10.1 Å². The molecule has 0 saturated heterocycles. The predicted octanol–water partition coefficient (Wildman–Crippen LogP) is 5.60. The number of carbonyl (C=O) groups is 2. The molecule has 6 rings (SSSR count). The van der Waals surface area contributed by atoms with E-state index in [4.69, 9.17) is 0 Å². The maximum Gasteiger partial charge on any atom is 0.188 e. The van der Waals surface area contributed by atoms with Crippen molar-refractivity contribution in [2.75, 3.05) is 6.54 Å². The molecule has 1 heterocycles. The smallest absolute Gasteiger partial charge is 0.188 e. The second kappa shape index (κ2) is 9.30. The van der Waals surface area contributed by atoms with Crippen LogP contribution in [0.5, 0.6) is 0 Å². The number of allylic oxidation sites excluding steroid dienone is 2. The van der Waals surface area contributed by atoms with Crippen LogP contribution in [0.2, 0.25) is 0 Å². The summed E-state index contributed by atoms with van der Waals surface area (Å²) in [4.78, 5) is 29.6. The van der Waals surface area contributed by atoms with Crippen LogP contribution in [0.3, 0.4) is 0 Å². The maximum atomic E-state index is 14.7. The van der Waals surface area contributed by atoms with Gasteiger partial charge in [0, 0.05) is 24.3 Å². The Hall–Kier alpha value is -2.40. The Morgan fingerprint density at radius 3 is 2.38 bits per heavy atom. The number of tetrazole rings is 1. The number of aryl methyl sites for hydroxylation is 1. The second-order valence-electron chi connectivity index (χ2n) is 16.8. The summed E-state index contributed by atoms with van der Waals surface area (Å²) >= 11 is 0. The molecule has 8 heteroatoms. The molecule has 1 N–H and O–H groups in total. The van der Waals surface area contributed by atoms with Crippen molar-refractivity contribution >= 4 is 11.6 Å². The molecule has 0 aromatic carbocycles. The molecule has 5 aliphatic rings. The molecule has 8 atom stereocenters. The number of ketones is 2. The van der Waals surface area contributed by atoms with Gasteiger partial charge in [0.15, 0.2) is 11.6 Å². The largest absolute Gasteiger partial charge is 0.309 e. The van der Waals surface area contributed by atoms with E-state index in [0.29, 0.717) is 36.1 Å². The Labute approximate surface area is 251 Å². The summed E-state index contributed by atoms with van der Waals surface area (Å²) in [6.07, 6.45) is 10.1. The topological polar surface area (TPSA) is 114 Å². The highest BCUT2D eigenvalue weighted by Gasteiger charge is 2.72. The van der Waals surface area contributed by atoms with Crippen molar-refractivity contribution in [2.24, 2.45) is 63.2 Å². The van der Waals surface area contributed by atoms with Gasteiger partial charge in [-0.1, -0.05) is 54.5 Å². The van der Waals surface area contributed by atoms with Gasteiger partial charge in [0.05, 0.1) is 19.2 Å². The first-order chi connectivity index (χ1) is 19.5. The normalized spacial score (nSPS) is 43.7. The van der Waals surface area contributed by atoms with Crippen LogP contribution in [0, 0.1) is 67.5 Å². The summed E-state index contributed by atoms with van der Waals surface area (Å²) in [6.45, 7) is 17.5. The van der Waals surface area contributed by atoms with Gasteiger partial charge in [-0.05, 0) is 95.0 Å². The summed E-state index contributed by atoms with van der Waals surface area (Å²) in [6, 6.07) is 2.24. The van der Waals surface area contributed by atoms with Gasteiger partial charge in [-0.3, -0.25) is 9.59 Å². The molecule has 4 saturated carbocycles. The lowest BCUT2D eigenvalue weighted by Crippen LogP contribution is -2.69. The first-order valence-corrected chi connectivity index (χ1v) is 16.2. The van der Waals surface area contributed by atoms with E-state index in [1.165, 1.54) is 11.2 Å². The average molecular weight is 575 g/mol. The number of hydrogen-bond donors (Lipinski definition) is 1. The fourth-order valence-corrected chi connectivity index (χ4v) is 11.5. The third-order valence-corrected chi connectivity index (χ3v) is 14.0. The van der Waals surface area contributed by atoms with Crippen LogP contribution < -0.4 is 5.32 Å². The van der Waals surface area contributed by atoms with Crippen LogP contribution in [0.1, 0.15) is 106 Å². The monoisotopic (exact) mass is 574 g/mol. The molecule has 0 unspecified atom stereocenters. The number of hydrogen-bond acceptors (Lipinski definition) is 7.